The molecule has 0 spiro atoms. The average molecular weight is 164 g/mol. The van der Waals surface area contributed by atoms with Crippen LogP contribution in [0.4, 0.5) is 0 Å². The molecule has 0 bridgehead atoms. The van der Waals surface area contributed by atoms with Crippen LogP contribution in [0.1, 0.15) is 39.1 Å². The van der Waals surface area contributed by atoms with E-state index in [1.54, 1.807) is 0 Å². The van der Waals surface area contributed by atoms with Crippen molar-refractivity contribution in [1.82, 2.24) is 9.97 Å². The molecule has 1 aromatic heterocycles. The van der Waals surface area contributed by atoms with Crippen molar-refractivity contribution < 1.29 is 0 Å². The van der Waals surface area contributed by atoms with E-state index in [0.717, 1.165) is 12.2 Å². The molecule has 0 saturated carbocycles. The molecule has 0 amide bonds. The van der Waals surface area contributed by atoms with Crippen molar-refractivity contribution in [1.29, 1.82) is 0 Å². The molecule has 2 heteroatoms. The highest BCUT2D eigenvalue weighted by Crippen LogP contribution is 2.16. The molecule has 1 aromatic rings. The van der Waals surface area contributed by atoms with E-state index in [0.29, 0.717) is 0 Å². The van der Waals surface area contributed by atoms with Gasteiger partial charge in [-0.15, -0.1) is 0 Å². The molecular formula is C10H16N2. The molecule has 1 rings (SSSR count). The van der Waals surface area contributed by atoms with Gasteiger partial charge in [-0.1, -0.05) is 27.7 Å². The Bertz CT molecular complexity index is 244. The minimum Gasteiger partial charge on any atom is -0.241 e. The third kappa shape index (κ3) is 2.03. The van der Waals surface area contributed by atoms with Gasteiger partial charge < -0.3 is 0 Å². The van der Waals surface area contributed by atoms with E-state index >= 15 is 0 Å². The van der Waals surface area contributed by atoms with Gasteiger partial charge in [0.2, 0.25) is 0 Å². The second-order valence-corrected chi connectivity index (χ2v) is 4.02. The summed E-state index contributed by atoms with van der Waals surface area (Å²) in [5.41, 5.74) is 1.26. The van der Waals surface area contributed by atoms with Crippen molar-refractivity contribution in [3.8, 4) is 0 Å². The predicted molar refractivity (Wildman–Crippen MR) is 50.1 cm³/mol. The minimum absolute atomic E-state index is 0.0618. The maximum atomic E-state index is 4.31. The van der Waals surface area contributed by atoms with Gasteiger partial charge in [0, 0.05) is 17.8 Å². The Labute approximate surface area is 74.1 Å². The molecule has 0 radical (unpaired) electrons. The van der Waals surface area contributed by atoms with Crippen molar-refractivity contribution >= 4 is 0 Å². The molecule has 0 atom stereocenters. The number of nitrogens with zero attached hydrogens (tertiary/aromatic N) is 2. The van der Waals surface area contributed by atoms with Gasteiger partial charge in [0.05, 0.1) is 0 Å². The topological polar surface area (TPSA) is 25.8 Å². The van der Waals surface area contributed by atoms with Gasteiger partial charge in [-0.3, -0.25) is 0 Å². The van der Waals surface area contributed by atoms with Gasteiger partial charge in [-0.05, 0) is 12.0 Å². The number of hydrogen-bond acceptors (Lipinski definition) is 2. The molecule has 0 saturated heterocycles. The van der Waals surface area contributed by atoms with Crippen LogP contribution in [0, 0.1) is 0 Å². The zero-order chi connectivity index (χ0) is 9.19. The molecule has 0 aliphatic rings. The van der Waals surface area contributed by atoms with E-state index in [2.05, 4.69) is 37.7 Å². The number of hydrogen-bond donors (Lipinski definition) is 0. The SMILES string of the molecule is CCc1cnc(C(C)(C)C)nc1. The third-order valence-electron chi connectivity index (χ3n) is 1.78. The van der Waals surface area contributed by atoms with E-state index in [9.17, 15) is 0 Å². The Morgan fingerprint density at radius 3 is 2.00 bits per heavy atom. The summed E-state index contributed by atoms with van der Waals surface area (Å²) in [5, 5.41) is 0. The van der Waals surface area contributed by atoms with Crippen LogP contribution in [0.15, 0.2) is 12.4 Å². The summed E-state index contributed by atoms with van der Waals surface area (Å²) in [7, 11) is 0. The molecule has 0 unspecified atom stereocenters. The highest BCUT2D eigenvalue weighted by Gasteiger charge is 2.16. The largest absolute Gasteiger partial charge is 0.241 e. The molecule has 12 heavy (non-hydrogen) atoms. The van der Waals surface area contributed by atoms with Crippen molar-refractivity contribution in [3.05, 3.63) is 23.8 Å². The molecule has 2 nitrogen and oxygen atoms in total. The van der Waals surface area contributed by atoms with Crippen molar-refractivity contribution in [2.45, 2.75) is 39.5 Å². The van der Waals surface area contributed by atoms with Crippen molar-refractivity contribution in [3.63, 3.8) is 0 Å². The molecular weight excluding hydrogens is 148 g/mol. The molecule has 66 valence electrons. The summed E-state index contributed by atoms with van der Waals surface area (Å²) in [6, 6.07) is 0. The Balaban J connectivity index is 2.93. The average Bonchev–Trinajstić information content (AvgIpc) is 2.03. The smallest absolute Gasteiger partial charge is 0.133 e. The van der Waals surface area contributed by atoms with E-state index in [1.165, 1.54) is 5.56 Å². The van der Waals surface area contributed by atoms with Crippen LogP contribution in [0.5, 0.6) is 0 Å². The van der Waals surface area contributed by atoms with Crippen LogP contribution < -0.4 is 0 Å². The van der Waals surface area contributed by atoms with Gasteiger partial charge in [0.1, 0.15) is 5.82 Å². The summed E-state index contributed by atoms with van der Waals surface area (Å²) in [4.78, 5) is 8.62. The molecule has 0 aromatic carbocycles. The van der Waals surface area contributed by atoms with Crippen LogP contribution in [0.3, 0.4) is 0 Å². The van der Waals surface area contributed by atoms with Gasteiger partial charge in [0.25, 0.3) is 0 Å². The van der Waals surface area contributed by atoms with E-state index < -0.39 is 0 Å². The van der Waals surface area contributed by atoms with Gasteiger partial charge >= 0.3 is 0 Å². The molecule has 1 heterocycles. The maximum absolute atomic E-state index is 4.31. The lowest BCUT2D eigenvalue weighted by molar-refractivity contribution is 0.544. The Hall–Kier alpha value is -0.920. The Morgan fingerprint density at radius 2 is 1.67 bits per heavy atom. The lowest BCUT2D eigenvalue weighted by atomic mass is 9.96. The van der Waals surface area contributed by atoms with Crippen LogP contribution in [-0.4, -0.2) is 9.97 Å². The highest BCUT2D eigenvalue weighted by atomic mass is 14.9. The summed E-state index contributed by atoms with van der Waals surface area (Å²) in [5.74, 6) is 0.916. The number of aromatic nitrogens is 2. The summed E-state index contributed by atoms with van der Waals surface area (Å²) >= 11 is 0. The highest BCUT2D eigenvalue weighted by molar-refractivity contribution is 5.08. The zero-order valence-corrected chi connectivity index (χ0v) is 8.26. The first-order chi connectivity index (χ1) is 5.54. The van der Waals surface area contributed by atoms with Gasteiger partial charge in [-0.25, -0.2) is 9.97 Å². The molecule has 0 fully saturated rings. The van der Waals surface area contributed by atoms with Crippen molar-refractivity contribution in [2.75, 3.05) is 0 Å². The first kappa shape index (κ1) is 9.17. The standard InChI is InChI=1S/C10H16N2/c1-5-8-6-11-9(12-7-8)10(2,3)4/h6-7H,5H2,1-4H3. The van der Waals surface area contributed by atoms with Crippen LogP contribution in [-0.2, 0) is 11.8 Å². The van der Waals surface area contributed by atoms with Crippen molar-refractivity contribution in [2.24, 2.45) is 0 Å². The first-order valence-corrected chi connectivity index (χ1v) is 4.35. The monoisotopic (exact) mass is 164 g/mol. The fraction of sp³-hybridized carbons (Fsp3) is 0.600. The lowest BCUT2D eigenvalue weighted by Crippen LogP contribution is -2.15. The van der Waals surface area contributed by atoms with Crippen LogP contribution in [0.2, 0.25) is 0 Å². The zero-order valence-electron chi connectivity index (χ0n) is 8.26. The normalized spacial score (nSPS) is 11.7. The summed E-state index contributed by atoms with van der Waals surface area (Å²) in [6.45, 7) is 8.46. The fourth-order valence-corrected chi connectivity index (χ4v) is 0.925. The molecule has 0 aliphatic heterocycles. The lowest BCUT2D eigenvalue weighted by Gasteiger charge is -2.15. The third-order valence-corrected chi connectivity index (χ3v) is 1.78. The first-order valence-electron chi connectivity index (χ1n) is 4.35. The summed E-state index contributed by atoms with van der Waals surface area (Å²) in [6.07, 6.45) is 4.82. The van der Waals surface area contributed by atoms with E-state index in [1.807, 2.05) is 12.4 Å². The Morgan fingerprint density at radius 1 is 1.17 bits per heavy atom. The van der Waals surface area contributed by atoms with E-state index in [-0.39, 0.29) is 5.41 Å². The maximum Gasteiger partial charge on any atom is 0.133 e. The van der Waals surface area contributed by atoms with E-state index in [4.69, 9.17) is 0 Å². The van der Waals surface area contributed by atoms with Crippen LogP contribution in [0.25, 0.3) is 0 Å². The summed E-state index contributed by atoms with van der Waals surface area (Å²) < 4.78 is 0. The predicted octanol–water partition coefficient (Wildman–Crippen LogP) is 2.34. The number of aryl methyl sites for hydroxylation is 1. The van der Waals surface area contributed by atoms with Gasteiger partial charge in [0.15, 0.2) is 0 Å². The van der Waals surface area contributed by atoms with Gasteiger partial charge in [-0.2, -0.15) is 0 Å². The Kier molecular flexibility index (Phi) is 2.46. The quantitative estimate of drug-likeness (QED) is 0.636. The fourth-order valence-electron chi connectivity index (χ4n) is 0.925. The molecule has 0 aliphatic carbocycles. The minimum atomic E-state index is 0.0618. The number of rotatable bonds is 1. The molecule has 0 N–H and O–H groups in total. The second kappa shape index (κ2) is 3.21. The second-order valence-electron chi connectivity index (χ2n) is 4.02. The van der Waals surface area contributed by atoms with Crippen LogP contribution >= 0.6 is 0 Å².